The highest BCUT2D eigenvalue weighted by Gasteiger charge is 2.15. The first-order valence-corrected chi connectivity index (χ1v) is 9.58. The zero-order chi connectivity index (χ0) is 19.4. The van der Waals surface area contributed by atoms with Gasteiger partial charge >= 0.3 is 5.97 Å². The second kappa shape index (κ2) is 8.26. The highest BCUT2D eigenvalue weighted by atomic mass is 32.2. The molecule has 0 spiro atoms. The van der Waals surface area contributed by atoms with Gasteiger partial charge in [-0.2, -0.15) is 0 Å². The number of esters is 1. The lowest BCUT2D eigenvalue weighted by atomic mass is 10.1. The van der Waals surface area contributed by atoms with E-state index in [0.29, 0.717) is 11.3 Å². The SMILES string of the molecule is COC(=O)c1ccc(C)c(NC(=O)CS[C@@H](C)c2nc3ccccc3[nH]2)c1. The molecule has 0 saturated heterocycles. The van der Waals surface area contributed by atoms with Gasteiger partial charge in [0.15, 0.2) is 0 Å². The molecule has 2 aromatic carbocycles. The van der Waals surface area contributed by atoms with Gasteiger partial charge in [-0.25, -0.2) is 9.78 Å². The van der Waals surface area contributed by atoms with Gasteiger partial charge in [0.05, 0.1) is 34.7 Å². The van der Waals surface area contributed by atoms with Gasteiger partial charge in [-0.3, -0.25) is 4.79 Å². The number of nitrogens with zero attached hydrogens (tertiary/aromatic N) is 1. The van der Waals surface area contributed by atoms with Gasteiger partial charge in [0.2, 0.25) is 5.91 Å². The number of para-hydroxylation sites is 2. The summed E-state index contributed by atoms with van der Waals surface area (Å²) in [7, 11) is 1.33. The fraction of sp³-hybridized carbons (Fsp3) is 0.250. The van der Waals surface area contributed by atoms with Gasteiger partial charge in [-0.1, -0.05) is 18.2 Å². The lowest BCUT2D eigenvalue weighted by Gasteiger charge is -2.11. The Balaban J connectivity index is 1.61. The summed E-state index contributed by atoms with van der Waals surface area (Å²) in [6.07, 6.45) is 0. The summed E-state index contributed by atoms with van der Waals surface area (Å²) in [6, 6.07) is 12.9. The zero-order valence-electron chi connectivity index (χ0n) is 15.4. The number of benzene rings is 2. The highest BCUT2D eigenvalue weighted by molar-refractivity contribution is 8.00. The number of aromatic nitrogens is 2. The van der Waals surface area contributed by atoms with Crippen molar-refractivity contribution in [3.05, 3.63) is 59.4 Å². The fourth-order valence-corrected chi connectivity index (χ4v) is 3.38. The Bertz CT molecular complexity index is 951. The quantitative estimate of drug-likeness (QED) is 0.626. The molecule has 0 aliphatic heterocycles. The van der Waals surface area contributed by atoms with Crippen LogP contribution in [0.2, 0.25) is 0 Å². The first-order valence-electron chi connectivity index (χ1n) is 8.53. The molecule has 0 aliphatic carbocycles. The number of ether oxygens (including phenoxy) is 1. The lowest BCUT2D eigenvalue weighted by molar-refractivity contribution is -0.113. The molecule has 3 aromatic rings. The standard InChI is InChI=1S/C20H21N3O3S/c1-12-8-9-14(20(25)26-3)10-17(12)21-18(24)11-27-13(2)19-22-15-6-4-5-7-16(15)23-19/h4-10,13H,11H2,1-3H3,(H,21,24)(H,22,23)/t13-/m0/s1. The van der Waals surface area contributed by atoms with Gasteiger partial charge in [0.25, 0.3) is 0 Å². The molecule has 140 valence electrons. The van der Waals surface area contributed by atoms with Crippen molar-refractivity contribution in [2.24, 2.45) is 0 Å². The van der Waals surface area contributed by atoms with Crippen LogP contribution in [0, 0.1) is 6.92 Å². The van der Waals surface area contributed by atoms with Gasteiger partial charge in [0, 0.05) is 5.69 Å². The smallest absolute Gasteiger partial charge is 0.337 e. The summed E-state index contributed by atoms with van der Waals surface area (Å²) in [6.45, 7) is 3.89. The van der Waals surface area contributed by atoms with Crippen LogP contribution in [0.3, 0.4) is 0 Å². The Kier molecular flexibility index (Phi) is 5.81. The minimum absolute atomic E-state index is 0.0469. The molecule has 1 amide bonds. The van der Waals surface area contributed by atoms with Gasteiger partial charge in [-0.05, 0) is 43.7 Å². The molecular weight excluding hydrogens is 362 g/mol. The molecule has 27 heavy (non-hydrogen) atoms. The molecule has 1 aromatic heterocycles. The van der Waals surface area contributed by atoms with E-state index in [2.05, 4.69) is 15.3 Å². The number of thioether (sulfide) groups is 1. The normalized spacial score (nSPS) is 12.0. The van der Waals surface area contributed by atoms with Crippen LogP contribution in [0.4, 0.5) is 5.69 Å². The molecule has 0 saturated carbocycles. The maximum Gasteiger partial charge on any atom is 0.337 e. The predicted molar refractivity (Wildman–Crippen MR) is 108 cm³/mol. The summed E-state index contributed by atoms with van der Waals surface area (Å²) in [5.41, 5.74) is 3.80. The zero-order valence-corrected chi connectivity index (χ0v) is 16.2. The molecule has 3 rings (SSSR count). The van der Waals surface area contributed by atoms with Crippen molar-refractivity contribution < 1.29 is 14.3 Å². The molecule has 6 nitrogen and oxygen atoms in total. The fourth-order valence-electron chi connectivity index (χ4n) is 2.63. The maximum absolute atomic E-state index is 12.3. The number of methoxy groups -OCH3 is 1. The van der Waals surface area contributed by atoms with Gasteiger partial charge in [-0.15, -0.1) is 11.8 Å². The number of imidazole rings is 1. The third-order valence-corrected chi connectivity index (χ3v) is 5.34. The van der Waals surface area contributed by atoms with Gasteiger partial charge in [0.1, 0.15) is 5.82 Å². The minimum Gasteiger partial charge on any atom is -0.465 e. The number of carbonyl (C=O) groups is 2. The number of nitrogens with one attached hydrogen (secondary N) is 2. The molecule has 7 heteroatoms. The Morgan fingerprint density at radius 1 is 1.26 bits per heavy atom. The van der Waals surface area contributed by atoms with Crippen LogP contribution in [0.5, 0.6) is 0 Å². The molecule has 0 aliphatic rings. The number of H-pyrrole nitrogens is 1. The summed E-state index contributed by atoms with van der Waals surface area (Å²) < 4.78 is 4.72. The number of carbonyl (C=O) groups excluding carboxylic acids is 2. The highest BCUT2D eigenvalue weighted by Crippen LogP contribution is 2.28. The summed E-state index contributed by atoms with van der Waals surface area (Å²) in [5, 5.41) is 2.91. The van der Waals surface area contributed by atoms with Crippen molar-refractivity contribution in [1.29, 1.82) is 0 Å². The largest absolute Gasteiger partial charge is 0.465 e. The average molecular weight is 383 g/mol. The maximum atomic E-state index is 12.3. The van der Waals surface area contributed by atoms with Crippen LogP contribution in [-0.2, 0) is 9.53 Å². The Morgan fingerprint density at radius 2 is 2.04 bits per heavy atom. The predicted octanol–water partition coefficient (Wildman–Crippen LogP) is 4.09. The van der Waals surface area contributed by atoms with Crippen LogP contribution in [-0.4, -0.2) is 34.7 Å². The average Bonchev–Trinajstić information content (AvgIpc) is 3.11. The van der Waals surface area contributed by atoms with Crippen LogP contribution < -0.4 is 5.32 Å². The number of rotatable bonds is 6. The molecule has 1 atom stereocenters. The molecule has 0 radical (unpaired) electrons. The number of aromatic amines is 1. The van der Waals surface area contributed by atoms with Crippen molar-refractivity contribution in [2.45, 2.75) is 19.1 Å². The molecule has 1 heterocycles. The second-order valence-electron chi connectivity index (χ2n) is 6.16. The number of hydrogen-bond acceptors (Lipinski definition) is 5. The van der Waals surface area contributed by atoms with Crippen molar-refractivity contribution in [3.63, 3.8) is 0 Å². The van der Waals surface area contributed by atoms with Crippen molar-refractivity contribution >= 4 is 40.4 Å². The van der Waals surface area contributed by atoms with E-state index < -0.39 is 5.97 Å². The third-order valence-electron chi connectivity index (χ3n) is 4.19. The van der Waals surface area contributed by atoms with E-state index in [-0.39, 0.29) is 16.9 Å². The number of hydrogen-bond donors (Lipinski definition) is 2. The van der Waals surface area contributed by atoms with E-state index in [1.54, 1.807) is 18.2 Å². The van der Waals surface area contributed by atoms with Crippen LogP contribution in [0.1, 0.15) is 33.9 Å². The van der Waals surface area contributed by atoms with Crippen LogP contribution in [0.15, 0.2) is 42.5 Å². The summed E-state index contributed by atoms with van der Waals surface area (Å²) >= 11 is 1.50. The van der Waals surface area contributed by atoms with E-state index in [4.69, 9.17) is 4.74 Å². The topological polar surface area (TPSA) is 84.1 Å². The Hall–Kier alpha value is -2.80. The van der Waals surface area contributed by atoms with Crippen molar-refractivity contribution in [3.8, 4) is 0 Å². The summed E-state index contributed by atoms with van der Waals surface area (Å²) in [5.74, 6) is 0.560. The van der Waals surface area contributed by atoms with Crippen molar-refractivity contribution in [1.82, 2.24) is 9.97 Å². The monoisotopic (exact) mass is 383 g/mol. The minimum atomic E-state index is -0.432. The first kappa shape index (κ1) is 19.0. The summed E-state index contributed by atoms with van der Waals surface area (Å²) in [4.78, 5) is 31.9. The van der Waals surface area contributed by atoms with E-state index in [1.165, 1.54) is 18.9 Å². The number of anilines is 1. The third kappa shape index (κ3) is 4.49. The lowest BCUT2D eigenvalue weighted by Crippen LogP contribution is -2.16. The molecule has 2 N–H and O–H groups in total. The number of amides is 1. The number of aryl methyl sites for hydroxylation is 1. The molecule has 0 unspecified atom stereocenters. The van der Waals surface area contributed by atoms with E-state index in [9.17, 15) is 9.59 Å². The Morgan fingerprint density at radius 3 is 2.78 bits per heavy atom. The van der Waals surface area contributed by atoms with E-state index in [0.717, 1.165) is 22.4 Å². The van der Waals surface area contributed by atoms with Crippen molar-refractivity contribution in [2.75, 3.05) is 18.2 Å². The second-order valence-corrected chi connectivity index (χ2v) is 7.49. The van der Waals surface area contributed by atoms with Crippen LogP contribution in [0.25, 0.3) is 11.0 Å². The van der Waals surface area contributed by atoms with E-state index in [1.807, 2.05) is 38.1 Å². The molecule has 0 bridgehead atoms. The van der Waals surface area contributed by atoms with Gasteiger partial charge < -0.3 is 15.0 Å². The van der Waals surface area contributed by atoms with Crippen LogP contribution >= 0.6 is 11.8 Å². The number of fused-ring (bicyclic) bond motifs is 1. The molecule has 0 fully saturated rings. The first-order chi connectivity index (χ1) is 13.0. The van der Waals surface area contributed by atoms with E-state index >= 15 is 0 Å². The molecular formula is C20H21N3O3S. The Labute approximate surface area is 161 Å².